The lowest BCUT2D eigenvalue weighted by atomic mass is 9.95. The van der Waals surface area contributed by atoms with Gasteiger partial charge in [-0.2, -0.15) is 4.31 Å². The van der Waals surface area contributed by atoms with E-state index in [4.69, 9.17) is 4.74 Å². The number of carbonyl (C=O) groups is 2. The minimum Gasteiger partial charge on any atom is -0.379 e. The molecular weight excluding hydrogens is 454 g/mol. The molecule has 8 nitrogen and oxygen atoms in total. The topological polar surface area (TPSA) is 96.0 Å². The van der Waals surface area contributed by atoms with Gasteiger partial charge in [0.05, 0.1) is 18.1 Å². The maximum atomic E-state index is 12.9. The van der Waals surface area contributed by atoms with Gasteiger partial charge in [-0.05, 0) is 42.7 Å². The zero-order chi connectivity index (χ0) is 24.0. The third-order valence-corrected chi connectivity index (χ3v) is 8.00. The minimum absolute atomic E-state index is 0.0660. The molecule has 0 saturated carbocycles. The number of morpholine rings is 1. The Bertz CT molecular complexity index is 1140. The van der Waals surface area contributed by atoms with E-state index in [-0.39, 0.29) is 22.6 Å². The second kappa shape index (κ2) is 10.9. The Morgan fingerprint density at radius 3 is 2.35 bits per heavy atom. The molecule has 0 radical (unpaired) electrons. The van der Waals surface area contributed by atoms with Crippen LogP contribution in [0.5, 0.6) is 0 Å². The van der Waals surface area contributed by atoms with Gasteiger partial charge in [-0.25, -0.2) is 8.42 Å². The van der Waals surface area contributed by atoms with Gasteiger partial charge in [0.2, 0.25) is 21.8 Å². The predicted octanol–water partition coefficient (Wildman–Crippen LogP) is 2.60. The average molecular weight is 484 g/mol. The lowest BCUT2D eigenvalue weighted by Gasteiger charge is -2.30. The van der Waals surface area contributed by atoms with E-state index in [9.17, 15) is 18.0 Å². The molecule has 0 aromatic heterocycles. The molecule has 180 valence electrons. The summed E-state index contributed by atoms with van der Waals surface area (Å²) in [5, 5.41) is 2.85. The number of piperidine rings is 1. The van der Waals surface area contributed by atoms with Gasteiger partial charge in [-0.3, -0.25) is 9.59 Å². The third kappa shape index (κ3) is 5.91. The first-order valence-corrected chi connectivity index (χ1v) is 12.9. The Morgan fingerprint density at radius 2 is 1.65 bits per heavy atom. The summed E-state index contributed by atoms with van der Waals surface area (Å²) in [6.45, 7) is 2.38. The molecule has 0 spiro atoms. The first-order valence-electron chi connectivity index (χ1n) is 11.4. The van der Waals surface area contributed by atoms with E-state index >= 15 is 0 Å². The molecule has 0 aliphatic carbocycles. The molecule has 0 unspecified atom stereocenters. The van der Waals surface area contributed by atoms with Crippen molar-refractivity contribution >= 4 is 33.6 Å². The van der Waals surface area contributed by atoms with E-state index in [1.165, 1.54) is 16.4 Å². The molecule has 2 aliphatic heterocycles. The molecule has 2 aromatic carbocycles. The number of benzene rings is 2. The highest BCUT2D eigenvalue weighted by atomic mass is 32.2. The van der Waals surface area contributed by atoms with Crippen LogP contribution in [0.15, 0.2) is 65.6 Å². The SMILES string of the molecule is O=C(Nc1cccc(S(=O)(=O)N2CCOCC2)c1)C1CCN(C(=O)/C=C/c2ccccc2)CC1. The number of amides is 2. The fourth-order valence-corrected chi connectivity index (χ4v) is 5.57. The number of ether oxygens (including phenoxy) is 1. The fourth-order valence-electron chi connectivity index (χ4n) is 4.11. The van der Waals surface area contributed by atoms with Crippen LogP contribution in [0.2, 0.25) is 0 Å². The zero-order valence-corrected chi connectivity index (χ0v) is 19.7. The van der Waals surface area contributed by atoms with Gasteiger partial charge in [-0.1, -0.05) is 36.4 Å². The zero-order valence-electron chi connectivity index (χ0n) is 18.9. The van der Waals surface area contributed by atoms with Crippen LogP contribution in [-0.2, 0) is 24.3 Å². The van der Waals surface area contributed by atoms with Crippen molar-refractivity contribution in [2.45, 2.75) is 17.7 Å². The number of carbonyl (C=O) groups excluding carboxylic acids is 2. The molecule has 9 heteroatoms. The number of nitrogens with one attached hydrogen (secondary N) is 1. The van der Waals surface area contributed by atoms with E-state index in [1.54, 1.807) is 29.2 Å². The van der Waals surface area contributed by atoms with Gasteiger partial charge in [-0.15, -0.1) is 0 Å². The molecule has 2 fully saturated rings. The molecule has 4 rings (SSSR count). The maximum absolute atomic E-state index is 12.9. The van der Waals surface area contributed by atoms with Crippen LogP contribution in [0.4, 0.5) is 5.69 Å². The summed E-state index contributed by atoms with van der Waals surface area (Å²) in [7, 11) is -3.64. The number of likely N-dealkylation sites (tertiary alicyclic amines) is 1. The summed E-state index contributed by atoms with van der Waals surface area (Å²) < 4.78 is 32.4. The van der Waals surface area contributed by atoms with Crippen molar-refractivity contribution in [1.82, 2.24) is 9.21 Å². The summed E-state index contributed by atoms with van der Waals surface area (Å²) in [6, 6.07) is 16.0. The number of anilines is 1. The van der Waals surface area contributed by atoms with Crippen LogP contribution in [0, 0.1) is 5.92 Å². The number of sulfonamides is 1. The Hall–Kier alpha value is -3.01. The summed E-state index contributed by atoms with van der Waals surface area (Å²) in [4.78, 5) is 27.2. The van der Waals surface area contributed by atoms with E-state index in [2.05, 4.69) is 5.32 Å². The van der Waals surface area contributed by atoms with E-state index in [0.29, 0.717) is 57.9 Å². The second-order valence-electron chi connectivity index (χ2n) is 8.38. The van der Waals surface area contributed by atoms with Crippen LogP contribution in [0.3, 0.4) is 0 Å². The number of nitrogens with zero attached hydrogens (tertiary/aromatic N) is 2. The van der Waals surface area contributed by atoms with E-state index in [1.807, 2.05) is 30.3 Å². The van der Waals surface area contributed by atoms with Crippen LogP contribution in [0.25, 0.3) is 6.08 Å². The van der Waals surface area contributed by atoms with E-state index < -0.39 is 10.0 Å². The molecule has 2 amide bonds. The van der Waals surface area contributed by atoms with Crippen molar-refractivity contribution in [3.8, 4) is 0 Å². The first kappa shape index (κ1) is 24.1. The summed E-state index contributed by atoms with van der Waals surface area (Å²) in [6.07, 6.45) is 4.47. The van der Waals surface area contributed by atoms with Crippen molar-refractivity contribution in [1.29, 1.82) is 0 Å². The number of hydrogen-bond donors (Lipinski definition) is 1. The molecule has 0 bridgehead atoms. The van der Waals surface area contributed by atoms with Crippen LogP contribution in [-0.4, -0.2) is 68.8 Å². The maximum Gasteiger partial charge on any atom is 0.246 e. The molecule has 0 atom stereocenters. The normalized spacial score (nSPS) is 18.2. The smallest absolute Gasteiger partial charge is 0.246 e. The lowest BCUT2D eigenvalue weighted by Crippen LogP contribution is -2.41. The highest BCUT2D eigenvalue weighted by Crippen LogP contribution is 2.23. The highest BCUT2D eigenvalue weighted by molar-refractivity contribution is 7.89. The molecule has 2 saturated heterocycles. The minimum atomic E-state index is -3.64. The van der Waals surface area contributed by atoms with Crippen molar-refractivity contribution < 1.29 is 22.7 Å². The van der Waals surface area contributed by atoms with Gasteiger partial charge >= 0.3 is 0 Å². The van der Waals surface area contributed by atoms with Gasteiger partial charge < -0.3 is 15.0 Å². The van der Waals surface area contributed by atoms with Crippen LogP contribution in [0.1, 0.15) is 18.4 Å². The first-order chi connectivity index (χ1) is 16.4. The van der Waals surface area contributed by atoms with Gasteiger partial charge in [0.1, 0.15) is 0 Å². The van der Waals surface area contributed by atoms with Crippen LogP contribution < -0.4 is 5.32 Å². The quantitative estimate of drug-likeness (QED) is 0.638. The Morgan fingerprint density at radius 1 is 0.941 bits per heavy atom. The monoisotopic (exact) mass is 483 g/mol. The predicted molar refractivity (Wildman–Crippen MR) is 129 cm³/mol. The Kier molecular flexibility index (Phi) is 7.77. The molecule has 2 heterocycles. The van der Waals surface area contributed by atoms with E-state index in [0.717, 1.165) is 5.56 Å². The lowest BCUT2D eigenvalue weighted by molar-refractivity contribution is -0.130. The van der Waals surface area contributed by atoms with Crippen LogP contribution >= 0.6 is 0 Å². The fraction of sp³-hybridized carbons (Fsp3) is 0.360. The second-order valence-corrected chi connectivity index (χ2v) is 10.3. The Labute approximate surface area is 200 Å². The van der Waals surface area contributed by atoms with Gasteiger partial charge in [0.25, 0.3) is 0 Å². The molecule has 2 aromatic rings. The standard InChI is InChI=1S/C25H29N3O5S/c29-24(10-9-20-5-2-1-3-6-20)27-13-11-21(12-14-27)25(30)26-22-7-4-8-23(19-22)34(31,32)28-15-17-33-18-16-28/h1-10,19,21H,11-18H2,(H,26,30)/b10-9+. The summed E-state index contributed by atoms with van der Waals surface area (Å²) in [5.74, 6) is -0.460. The van der Waals surface area contributed by atoms with Crippen molar-refractivity contribution in [2.24, 2.45) is 5.92 Å². The summed E-state index contributed by atoms with van der Waals surface area (Å²) >= 11 is 0. The molecule has 1 N–H and O–H groups in total. The number of hydrogen-bond acceptors (Lipinski definition) is 5. The Balaban J connectivity index is 1.31. The van der Waals surface area contributed by atoms with Gasteiger partial charge in [0.15, 0.2) is 0 Å². The third-order valence-electron chi connectivity index (χ3n) is 6.10. The largest absolute Gasteiger partial charge is 0.379 e. The highest BCUT2D eigenvalue weighted by Gasteiger charge is 2.28. The van der Waals surface area contributed by atoms with Crippen molar-refractivity contribution in [3.05, 3.63) is 66.2 Å². The molecule has 34 heavy (non-hydrogen) atoms. The molecule has 2 aliphatic rings. The number of rotatable bonds is 6. The van der Waals surface area contributed by atoms with Crippen molar-refractivity contribution in [3.63, 3.8) is 0 Å². The molecular formula is C25H29N3O5S. The van der Waals surface area contributed by atoms with Gasteiger partial charge in [0, 0.05) is 43.9 Å². The average Bonchev–Trinajstić information content (AvgIpc) is 2.88. The van der Waals surface area contributed by atoms with Crippen molar-refractivity contribution in [2.75, 3.05) is 44.7 Å². The summed E-state index contributed by atoms with van der Waals surface area (Å²) in [5.41, 5.74) is 1.41.